The van der Waals surface area contributed by atoms with Gasteiger partial charge >= 0.3 is 11.8 Å². The second kappa shape index (κ2) is 7.97. The van der Waals surface area contributed by atoms with Crippen LogP contribution < -0.4 is 10.1 Å². The van der Waals surface area contributed by atoms with E-state index in [1.807, 2.05) is 67.7 Å². The lowest BCUT2D eigenvalue weighted by atomic mass is 10.2. The molecular weight excluding hydrogens is 370 g/mol. The smallest absolute Gasteiger partial charge is 0.316 e. The number of carbonyl (C=O) groups excluding carboxylic acids is 1. The van der Waals surface area contributed by atoms with Crippen molar-refractivity contribution in [2.24, 2.45) is 0 Å². The third kappa shape index (κ3) is 4.01. The van der Waals surface area contributed by atoms with Crippen molar-refractivity contribution >= 4 is 5.91 Å². The number of para-hydroxylation sites is 1. The summed E-state index contributed by atoms with van der Waals surface area (Å²) in [5.74, 6) is 0.542. The molecule has 0 aliphatic heterocycles. The van der Waals surface area contributed by atoms with Crippen LogP contribution in [0.25, 0.3) is 17.1 Å². The normalized spacial score (nSPS) is 10.7. The first-order valence-corrected chi connectivity index (χ1v) is 9.01. The van der Waals surface area contributed by atoms with E-state index in [4.69, 9.17) is 9.26 Å². The Balaban J connectivity index is 1.46. The number of rotatable bonds is 6. The van der Waals surface area contributed by atoms with Crippen molar-refractivity contribution in [1.29, 1.82) is 0 Å². The van der Waals surface area contributed by atoms with Crippen LogP contribution in [0.2, 0.25) is 0 Å². The fraction of sp³-hybridized carbons (Fsp3) is 0.143. The molecule has 0 saturated heterocycles. The molecule has 146 valence electrons. The minimum atomic E-state index is -0.437. The van der Waals surface area contributed by atoms with E-state index in [9.17, 15) is 4.79 Å². The van der Waals surface area contributed by atoms with Crippen LogP contribution >= 0.6 is 0 Å². The van der Waals surface area contributed by atoms with Crippen LogP contribution in [0.15, 0.2) is 65.3 Å². The van der Waals surface area contributed by atoms with Crippen LogP contribution in [0.1, 0.15) is 21.9 Å². The van der Waals surface area contributed by atoms with E-state index in [2.05, 4.69) is 20.6 Å². The number of carbonyl (C=O) groups is 1. The Hall–Kier alpha value is -3.94. The van der Waals surface area contributed by atoms with Gasteiger partial charge < -0.3 is 14.6 Å². The molecule has 0 aliphatic rings. The summed E-state index contributed by atoms with van der Waals surface area (Å²) in [5, 5.41) is 11.2. The van der Waals surface area contributed by atoms with Gasteiger partial charge in [0.25, 0.3) is 0 Å². The second-order valence-corrected chi connectivity index (χ2v) is 6.36. The van der Waals surface area contributed by atoms with E-state index >= 15 is 0 Å². The zero-order chi connectivity index (χ0) is 20.2. The van der Waals surface area contributed by atoms with Crippen LogP contribution in [0.5, 0.6) is 5.75 Å². The summed E-state index contributed by atoms with van der Waals surface area (Å²) in [6.45, 7) is 2.19. The van der Waals surface area contributed by atoms with Crippen LogP contribution in [0.4, 0.5) is 0 Å². The largest absolute Gasteiger partial charge is 0.497 e. The molecule has 0 saturated carbocycles. The van der Waals surface area contributed by atoms with Gasteiger partial charge in [0.15, 0.2) is 0 Å². The van der Waals surface area contributed by atoms with Gasteiger partial charge in [-0.3, -0.25) is 4.79 Å². The number of nitrogens with one attached hydrogen (secondary N) is 1. The van der Waals surface area contributed by atoms with Gasteiger partial charge in [0.1, 0.15) is 5.75 Å². The molecule has 1 N–H and O–H groups in total. The highest BCUT2D eigenvalue weighted by molar-refractivity contribution is 5.89. The summed E-state index contributed by atoms with van der Waals surface area (Å²) in [6.07, 6.45) is 1.81. The molecule has 2 aromatic carbocycles. The highest BCUT2D eigenvalue weighted by Crippen LogP contribution is 2.21. The molecule has 0 fully saturated rings. The molecule has 0 bridgehead atoms. The molecule has 0 radical (unpaired) electrons. The Morgan fingerprint density at radius 1 is 1.14 bits per heavy atom. The second-order valence-electron chi connectivity index (χ2n) is 6.36. The first-order chi connectivity index (χ1) is 14.1. The number of benzene rings is 2. The minimum absolute atomic E-state index is 0.0969. The monoisotopic (exact) mass is 389 g/mol. The predicted molar refractivity (Wildman–Crippen MR) is 106 cm³/mol. The molecule has 0 aliphatic carbocycles. The van der Waals surface area contributed by atoms with Crippen LogP contribution in [0, 0.1) is 6.92 Å². The fourth-order valence-corrected chi connectivity index (χ4v) is 2.82. The van der Waals surface area contributed by atoms with E-state index in [0.717, 1.165) is 22.7 Å². The van der Waals surface area contributed by atoms with Crippen molar-refractivity contribution in [3.05, 3.63) is 77.9 Å². The zero-order valence-corrected chi connectivity index (χ0v) is 16.0. The molecule has 8 heteroatoms. The number of aryl methyl sites for hydroxylation is 1. The number of amides is 1. The van der Waals surface area contributed by atoms with Gasteiger partial charge in [-0.05, 0) is 36.8 Å². The van der Waals surface area contributed by atoms with Crippen LogP contribution in [-0.2, 0) is 6.54 Å². The lowest BCUT2D eigenvalue weighted by Crippen LogP contribution is -2.23. The maximum absolute atomic E-state index is 12.3. The fourth-order valence-electron chi connectivity index (χ4n) is 2.82. The molecule has 29 heavy (non-hydrogen) atoms. The lowest BCUT2D eigenvalue weighted by Gasteiger charge is -2.04. The Labute approximate surface area is 167 Å². The molecule has 0 unspecified atom stereocenters. The Morgan fingerprint density at radius 2 is 1.90 bits per heavy atom. The quantitative estimate of drug-likeness (QED) is 0.544. The number of hydrogen-bond acceptors (Lipinski definition) is 6. The van der Waals surface area contributed by atoms with Crippen molar-refractivity contribution in [3.8, 4) is 22.8 Å². The predicted octanol–water partition coefficient (Wildman–Crippen LogP) is 3.17. The van der Waals surface area contributed by atoms with Gasteiger partial charge in [-0.25, -0.2) is 4.68 Å². The average Bonchev–Trinajstić information content (AvgIpc) is 3.40. The maximum atomic E-state index is 12.3. The van der Waals surface area contributed by atoms with E-state index in [1.54, 1.807) is 11.8 Å². The maximum Gasteiger partial charge on any atom is 0.316 e. The summed E-state index contributed by atoms with van der Waals surface area (Å²) in [6, 6.07) is 17.1. The first-order valence-electron chi connectivity index (χ1n) is 9.01. The molecule has 0 spiro atoms. The van der Waals surface area contributed by atoms with Crippen molar-refractivity contribution in [3.63, 3.8) is 0 Å². The number of ether oxygens (including phenoxy) is 1. The third-order valence-electron chi connectivity index (χ3n) is 4.39. The lowest BCUT2D eigenvalue weighted by molar-refractivity contribution is 0.0907. The first kappa shape index (κ1) is 18.4. The number of aromatic nitrogens is 4. The molecule has 0 atom stereocenters. The highest BCUT2D eigenvalue weighted by atomic mass is 16.5. The van der Waals surface area contributed by atoms with Gasteiger partial charge in [0.2, 0.25) is 5.82 Å². The van der Waals surface area contributed by atoms with E-state index in [1.165, 1.54) is 0 Å². The Morgan fingerprint density at radius 3 is 2.62 bits per heavy atom. The Kier molecular flexibility index (Phi) is 5.07. The third-order valence-corrected chi connectivity index (χ3v) is 4.39. The summed E-state index contributed by atoms with van der Waals surface area (Å²) in [5.41, 5.74) is 3.29. The average molecular weight is 389 g/mol. The van der Waals surface area contributed by atoms with Gasteiger partial charge in [-0.2, -0.15) is 10.1 Å². The van der Waals surface area contributed by atoms with E-state index < -0.39 is 5.91 Å². The van der Waals surface area contributed by atoms with Gasteiger partial charge in [0.05, 0.1) is 24.1 Å². The van der Waals surface area contributed by atoms with Crippen molar-refractivity contribution in [2.75, 3.05) is 7.11 Å². The summed E-state index contributed by atoms with van der Waals surface area (Å²) in [4.78, 5) is 16.6. The topological polar surface area (TPSA) is 95.1 Å². The molecule has 8 nitrogen and oxygen atoms in total. The van der Waals surface area contributed by atoms with Crippen molar-refractivity contribution < 1.29 is 14.1 Å². The SMILES string of the molecule is COc1ccc(CNC(=O)c2nc(-c3cn(-c4ccccc4)nc3C)no2)cc1. The molecule has 4 rings (SSSR count). The van der Waals surface area contributed by atoms with Crippen molar-refractivity contribution in [2.45, 2.75) is 13.5 Å². The van der Waals surface area contributed by atoms with Gasteiger partial charge in [-0.1, -0.05) is 35.5 Å². The van der Waals surface area contributed by atoms with Gasteiger partial charge in [0, 0.05) is 12.7 Å². The molecule has 1 amide bonds. The zero-order valence-electron chi connectivity index (χ0n) is 16.0. The highest BCUT2D eigenvalue weighted by Gasteiger charge is 2.19. The van der Waals surface area contributed by atoms with Gasteiger partial charge in [-0.15, -0.1) is 0 Å². The number of hydrogen-bond donors (Lipinski definition) is 1. The molecular formula is C21H19N5O3. The van der Waals surface area contributed by atoms with E-state index in [-0.39, 0.29) is 5.89 Å². The molecule has 4 aromatic rings. The summed E-state index contributed by atoms with van der Waals surface area (Å²) in [7, 11) is 1.61. The summed E-state index contributed by atoms with van der Waals surface area (Å²) < 4.78 is 12.0. The minimum Gasteiger partial charge on any atom is -0.497 e. The number of nitrogens with zero attached hydrogens (tertiary/aromatic N) is 4. The van der Waals surface area contributed by atoms with Crippen LogP contribution in [-0.4, -0.2) is 32.9 Å². The van der Waals surface area contributed by atoms with E-state index in [0.29, 0.717) is 17.9 Å². The standard InChI is InChI=1S/C21H19N5O3/c1-14-18(13-26(24-14)16-6-4-3-5-7-16)19-23-21(29-25-19)20(27)22-12-15-8-10-17(28-2)11-9-15/h3-11,13H,12H2,1-2H3,(H,22,27). The van der Waals surface area contributed by atoms with Crippen molar-refractivity contribution in [1.82, 2.24) is 25.2 Å². The number of methoxy groups -OCH3 is 1. The molecule has 2 aromatic heterocycles. The Bertz CT molecular complexity index is 1120. The summed E-state index contributed by atoms with van der Waals surface area (Å²) >= 11 is 0. The molecule has 2 heterocycles. The van der Waals surface area contributed by atoms with Crippen LogP contribution in [0.3, 0.4) is 0 Å².